The molecule has 0 radical (unpaired) electrons. The number of nitrogens with one attached hydrogen (secondary N) is 1. The van der Waals surface area contributed by atoms with Crippen LogP contribution in [-0.4, -0.2) is 37.3 Å². The van der Waals surface area contributed by atoms with Gasteiger partial charge in [0, 0.05) is 34.9 Å². The van der Waals surface area contributed by atoms with Crippen molar-refractivity contribution in [1.29, 1.82) is 0 Å². The predicted molar refractivity (Wildman–Crippen MR) is 119 cm³/mol. The highest BCUT2D eigenvalue weighted by atomic mass is 32.2. The summed E-state index contributed by atoms with van der Waals surface area (Å²) in [5, 5.41) is 12.0. The number of anilines is 1. The molecule has 9 heteroatoms. The standard InChI is InChI=1S/C22H18N6O2S/c23-20(30)15-6-8-17(9-7-15)25-19(29)14-31-22-27-26-21(16-10-12-24-13-11-16)28(22)18-4-2-1-3-5-18/h1-13H,14H2,(H2,23,30)(H,25,29). The number of benzene rings is 2. The minimum atomic E-state index is -0.515. The number of hydrogen-bond acceptors (Lipinski definition) is 6. The van der Waals surface area contributed by atoms with E-state index in [0.29, 0.717) is 22.2 Å². The van der Waals surface area contributed by atoms with Crippen LogP contribution in [0, 0.1) is 0 Å². The summed E-state index contributed by atoms with van der Waals surface area (Å²) in [6.07, 6.45) is 3.40. The van der Waals surface area contributed by atoms with Gasteiger partial charge in [-0.15, -0.1) is 10.2 Å². The summed E-state index contributed by atoms with van der Waals surface area (Å²) in [6, 6.07) is 19.8. The number of carbonyl (C=O) groups excluding carboxylic acids is 2. The maximum Gasteiger partial charge on any atom is 0.248 e. The van der Waals surface area contributed by atoms with E-state index < -0.39 is 5.91 Å². The van der Waals surface area contributed by atoms with Gasteiger partial charge in [0.15, 0.2) is 11.0 Å². The number of nitrogens with two attached hydrogens (primary N) is 1. The first-order chi connectivity index (χ1) is 15.1. The summed E-state index contributed by atoms with van der Waals surface area (Å²) in [7, 11) is 0. The zero-order chi connectivity index (χ0) is 21.6. The first-order valence-corrected chi connectivity index (χ1v) is 10.3. The lowest BCUT2D eigenvalue weighted by Gasteiger charge is -2.10. The third kappa shape index (κ3) is 4.78. The highest BCUT2D eigenvalue weighted by Gasteiger charge is 2.17. The molecule has 0 saturated heterocycles. The lowest BCUT2D eigenvalue weighted by Crippen LogP contribution is -2.15. The van der Waals surface area contributed by atoms with Crippen LogP contribution in [0.15, 0.2) is 84.3 Å². The number of amides is 2. The molecule has 4 rings (SSSR count). The van der Waals surface area contributed by atoms with Crippen molar-refractivity contribution in [3.8, 4) is 17.1 Å². The van der Waals surface area contributed by atoms with Gasteiger partial charge in [-0.2, -0.15) is 0 Å². The number of para-hydroxylation sites is 1. The predicted octanol–water partition coefficient (Wildman–Crippen LogP) is 3.16. The van der Waals surface area contributed by atoms with Gasteiger partial charge in [0.05, 0.1) is 5.75 Å². The molecular weight excluding hydrogens is 412 g/mol. The van der Waals surface area contributed by atoms with E-state index in [1.54, 1.807) is 36.7 Å². The van der Waals surface area contributed by atoms with Crippen LogP contribution in [0.1, 0.15) is 10.4 Å². The van der Waals surface area contributed by atoms with Crippen molar-refractivity contribution >= 4 is 29.3 Å². The van der Waals surface area contributed by atoms with E-state index >= 15 is 0 Å². The summed E-state index contributed by atoms with van der Waals surface area (Å²) in [4.78, 5) is 27.7. The Labute approximate surface area is 182 Å². The fraction of sp³-hybridized carbons (Fsp3) is 0.0455. The van der Waals surface area contributed by atoms with E-state index in [2.05, 4.69) is 20.5 Å². The molecule has 0 bridgehead atoms. The molecule has 2 heterocycles. The quantitative estimate of drug-likeness (QED) is 0.435. The summed E-state index contributed by atoms with van der Waals surface area (Å²) < 4.78 is 1.91. The zero-order valence-electron chi connectivity index (χ0n) is 16.3. The maximum absolute atomic E-state index is 12.4. The van der Waals surface area contributed by atoms with Gasteiger partial charge < -0.3 is 11.1 Å². The smallest absolute Gasteiger partial charge is 0.248 e. The van der Waals surface area contributed by atoms with Crippen molar-refractivity contribution in [2.75, 3.05) is 11.1 Å². The van der Waals surface area contributed by atoms with E-state index in [-0.39, 0.29) is 11.7 Å². The van der Waals surface area contributed by atoms with Crippen LogP contribution in [0.2, 0.25) is 0 Å². The summed E-state index contributed by atoms with van der Waals surface area (Å²) in [5.41, 5.74) is 7.96. The van der Waals surface area contributed by atoms with Crippen molar-refractivity contribution in [2.45, 2.75) is 5.16 Å². The number of aromatic nitrogens is 4. The van der Waals surface area contributed by atoms with Crippen LogP contribution in [0.3, 0.4) is 0 Å². The molecular formula is C22H18N6O2S. The Morgan fingerprint density at radius 1 is 0.935 bits per heavy atom. The van der Waals surface area contributed by atoms with Crippen LogP contribution in [0.25, 0.3) is 17.1 Å². The van der Waals surface area contributed by atoms with E-state index in [0.717, 1.165) is 11.3 Å². The Kier molecular flexibility index (Phi) is 6.04. The van der Waals surface area contributed by atoms with Crippen LogP contribution >= 0.6 is 11.8 Å². The molecule has 2 aromatic carbocycles. The van der Waals surface area contributed by atoms with Crippen molar-refractivity contribution in [2.24, 2.45) is 5.73 Å². The molecule has 0 aliphatic heterocycles. The number of pyridine rings is 1. The molecule has 0 aliphatic rings. The van der Waals surface area contributed by atoms with Crippen molar-refractivity contribution in [1.82, 2.24) is 19.7 Å². The van der Waals surface area contributed by atoms with Gasteiger partial charge in [-0.05, 0) is 48.5 Å². The number of carbonyl (C=O) groups is 2. The Morgan fingerprint density at radius 2 is 1.65 bits per heavy atom. The second-order valence-corrected chi connectivity index (χ2v) is 7.43. The molecule has 0 spiro atoms. The Balaban J connectivity index is 1.52. The van der Waals surface area contributed by atoms with Gasteiger partial charge in [0.2, 0.25) is 11.8 Å². The average Bonchev–Trinajstić information content (AvgIpc) is 3.23. The molecule has 2 aromatic heterocycles. The molecule has 0 unspecified atom stereocenters. The van der Waals surface area contributed by atoms with Gasteiger partial charge in [0.25, 0.3) is 0 Å². The topological polar surface area (TPSA) is 116 Å². The van der Waals surface area contributed by atoms with Gasteiger partial charge in [-0.1, -0.05) is 30.0 Å². The normalized spacial score (nSPS) is 10.6. The fourth-order valence-electron chi connectivity index (χ4n) is 2.91. The molecule has 0 saturated carbocycles. The lowest BCUT2D eigenvalue weighted by molar-refractivity contribution is -0.113. The number of nitrogens with zero attached hydrogens (tertiary/aromatic N) is 4. The number of hydrogen-bond donors (Lipinski definition) is 2. The molecule has 31 heavy (non-hydrogen) atoms. The largest absolute Gasteiger partial charge is 0.366 e. The van der Waals surface area contributed by atoms with Crippen molar-refractivity contribution < 1.29 is 9.59 Å². The zero-order valence-corrected chi connectivity index (χ0v) is 17.1. The van der Waals surface area contributed by atoms with Gasteiger partial charge in [-0.25, -0.2) is 0 Å². The first-order valence-electron chi connectivity index (χ1n) is 9.35. The third-order valence-electron chi connectivity index (χ3n) is 4.37. The minimum Gasteiger partial charge on any atom is -0.366 e. The Morgan fingerprint density at radius 3 is 2.32 bits per heavy atom. The highest BCUT2D eigenvalue weighted by Crippen LogP contribution is 2.27. The van der Waals surface area contributed by atoms with Crippen molar-refractivity contribution in [3.05, 3.63) is 84.7 Å². The van der Waals surface area contributed by atoms with E-state index in [1.165, 1.54) is 11.8 Å². The van der Waals surface area contributed by atoms with Crippen LogP contribution in [-0.2, 0) is 4.79 Å². The number of rotatable bonds is 7. The Bertz CT molecular complexity index is 1190. The molecule has 4 aromatic rings. The Hall–Kier alpha value is -3.98. The van der Waals surface area contributed by atoms with Crippen LogP contribution in [0.5, 0.6) is 0 Å². The van der Waals surface area contributed by atoms with E-state index in [9.17, 15) is 9.59 Å². The maximum atomic E-state index is 12.4. The molecule has 0 fully saturated rings. The van der Waals surface area contributed by atoms with Gasteiger partial charge in [0.1, 0.15) is 0 Å². The minimum absolute atomic E-state index is 0.138. The van der Waals surface area contributed by atoms with Crippen molar-refractivity contribution in [3.63, 3.8) is 0 Å². The second kappa shape index (κ2) is 9.23. The second-order valence-electron chi connectivity index (χ2n) is 6.49. The number of primary amides is 1. The lowest BCUT2D eigenvalue weighted by atomic mass is 10.2. The molecule has 0 aliphatic carbocycles. The molecule has 2 amide bonds. The van der Waals surface area contributed by atoms with Gasteiger partial charge in [-0.3, -0.25) is 19.1 Å². The van der Waals surface area contributed by atoms with Crippen LogP contribution in [0.4, 0.5) is 5.69 Å². The summed E-state index contributed by atoms with van der Waals surface area (Å²) in [6.45, 7) is 0. The van der Waals surface area contributed by atoms with E-state index in [1.807, 2.05) is 47.0 Å². The average molecular weight is 430 g/mol. The highest BCUT2D eigenvalue weighted by molar-refractivity contribution is 7.99. The SMILES string of the molecule is NC(=O)c1ccc(NC(=O)CSc2nnc(-c3ccncc3)n2-c2ccccc2)cc1. The third-order valence-corrected chi connectivity index (χ3v) is 5.30. The first kappa shape index (κ1) is 20.3. The number of thioether (sulfide) groups is 1. The molecule has 8 nitrogen and oxygen atoms in total. The van der Waals surface area contributed by atoms with Gasteiger partial charge >= 0.3 is 0 Å². The fourth-order valence-corrected chi connectivity index (χ4v) is 3.66. The monoisotopic (exact) mass is 430 g/mol. The molecule has 0 atom stereocenters. The molecule has 3 N–H and O–H groups in total. The van der Waals surface area contributed by atoms with E-state index in [4.69, 9.17) is 5.73 Å². The summed E-state index contributed by atoms with van der Waals surface area (Å²) in [5.74, 6) is 0.0842. The van der Waals surface area contributed by atoms with Crippen LogP contribution < -0.4 is 11.1 Å². The molecule has 154 valence electrons. The summed E-state index contributed by atoms with van der Waals surface area (Å²) >= 11 is 1.28.